The first kappa shape index (κ1) is 17.4. The maximum absolute atomic E-state index is 12.9. The molecule has 25 heavy (non-hydrogen) atoms. The normalized spacial score (nSPS) is 17.4. The van der Waals surface area contributed by atoms with Gasteiger partial charge < -0.3 is 9.64 Å². The van der Waals surface area contributed by atoms with E-state index >= 15 is 0 Å². The second-order valence-electron chi connectivity index (χ2n) is 6.66. The van der Waals surface area contributed by atoms with E-state index in [0.717, 1.165) is 30.6 Å². The number of halogens is 1. The molecular formula is C20H23FN2O2. The smallest absolute Gasteiger partial charge is 0.255 e. The molecule has 0 spiro atoms. The van der Waals surface area contributed by atoms with Crippen molar-refractivity contribution in [2.24, 2.45) is 5.92 Å². The van der Waals surface area contributed by atoms with Gasteiger partial charge in [0.05, 0.1) is 12.2 Å². The van der Waals surface area contributed by atoms with Gasteiger partial charge in [-0.3, -0.25) is 9.78 Å². The van der Waals surface area contributed by atoms with Gasteiger partial charge in [0.1, 0.15) is 11.6 Å². The number of amides is 1. The first-order chi connectivity index (χ1) is 12.0. The Kier molecular flexibility index (Phi) is 5.31. The van der Waals surface area contributed by atoms with E-state index in [0.29, 0.717) is 24.5 Å². The summed E-state index contributed by atoms with van der Waals surface area (Å²) in [6.45, 7) is 5.83. The van der Waals surface area contributed by atoms with Crippen LogP contribution < -0.4 is 4.74 Å². The van der Waals surface area contributed by atoms with E-state index in [4.69, 9.17) is 4.74 Å². The highest BCUT2D eigenvalue weighted by Crippen LogP contribution is 2.21. The molecule has 1 amide bonds. The van der Waals surface area contributed by atoms with Crippen molar-refractivity contribution in [1.29, 1.82) is 0 Å². The number of benzene rings is 1. The fraction of sp³-hybridized carbons (Fsp3) is 0.400. The number of rotatable bonds is 4. The number of pyridine rings is 1. The third kappa shape index (κ3) is 4.35. The van der Waals surface area contributed by atoms with Crippen LogP contribution in [0.3, 0.4) is 0 Å². The number of piperidine rings is 1. The fourth-order valence-electron chi connectivity index (χ4n) is 3.22. The highest BCUT2D eigenvalue weighted by Gasteiger charge is 2.26. The Morgan fingerprint density at radius 1 is 1.32 bits per heavy atom. The van der Waals surface area contributed by atoms with Gasteiger partial charge in [-0.1, -0.05) is 0 Å². The largest absolute Gasteiger partial charge is 0.493 e. The molecule has 4 nitrogen and oxygen atoms in total. The highest BCUT2D eigenvalue weighted by atomic mass is 19.1. The fourth-order valence-corrected chi connectivity index (χ4v) is 3.22. The molecule has 2 heterocycles. The summed E-state index contributed by atoms with van der Waals surface area (Å²) in [4.78, 5) is 18.9. The summed E-state index contributed by atoms with van der Waals surface area (Å²) in [7, 11) is 0. The van der Waals surface area contributed by atoms with E-state index in [1.807, 2.05) is 24.8 Å². The van der Waals surface area contributed by atoms with Crippen molar-refractivity contribution in [3.05, 3.63) is 59.2 Å². The van der Waals surface area contributed by atoms with Gasteiger partial charge in [0.25, 0.3) is 5.91 Å². The van der Waals surface area contributed by atoms with Crippen LogP contribution in [0.1, 0.15) is 34.5 Å². The van der Waals surface area contributed by atoms with Crippen molar-refractivity contribution >= 4 is 5.91 Å². The van der Waals surface area contributed by atoms with Crippen LogP contribution in [0.5, 0.6) is 5.75 Å². The Balaban J connectivity index is 1.60. The van der Waals surface area contributed by atoms with Crippen molar-refractivity contribution in [2.75, 3.05) is 19.7 Å². The van der Waals surface area contributed by atoms with Crippen molar-refractivity contribution in [3.63, 3.8) is 0 Å². The van der Waals surface area contributed by atoms with Crippen molar-refractivity contribution in [3.8, 4) is 5.75 Å². The molecule has 1 atom stereocenters. The monoisotopic (exact) mass is 342 g/mol. The SMILES string of the molecule is Cc1cc(C)c(C(=O)N2CCCC(COc3ccc(F)cc3)C2)cn1. The zero-order valence-corrected chi connectivity index (χ0v) is 14.7. The molecule has 132 valence electrons. The van der Waals surface area contributed by atoms with Crippen LogP contribution in [0.2, 0.25) is 0 Å². The topological polar surface area (TPSA) is 42.4 Å². The molecule has 1 aromatic heterocycles. The van der Waals surface area contributed by atoms with Gasteiger partial charge in [-0.25, -0.2) is 4.39 Å². The minimum absolute atomic E-state index is 0.0384. The predicted octanol–water partition coefficient (Wildman–Crippen LogP) is 3.77. The number of hydrogen-bond acceptors (Lipinski definition) is 3. The Bertz CT molecular complexity index is 746. The molecule has 1 unspecified atom stereocenters. The van der Waals surface area contributed by atoms with Crippen LogP contribution in [0, 0.1) is 25.6 Å². The molecule has 0 bridgehead atoms. The number of carbonyl (C=O) groups excluding carboxylic acids is 1. The van der Waals surface area contributed by atoms with Gasteiger partial charge in [-0.2, -0.15) is 0 Å². The molecule has 1 fully saturated rings. The minimum Gasteiger partial charge on any atom is -0.493 e. The summed E-state index contributed by atoms with van der Waals surface area (Å²) in [6.07, 6.45) is 3.66. The second kappa shape index (κ2) is 7.64. The summed E-state index contributed by atoms with van der Waals surface area (Å²) >= 11 is 0. The standard InChI is InChI=1S/C20H23FN2O2/c1-14-10-15(2)22-11-19(14)20(24)23-9-3-4-16(12-23)13-25-18-7-5-17(21)6-8-18/h5-8,10-11,16H,3-4,9,12-13H2,1-2H3. The number of hydrogen-bond donors (Lipinski definition) is 0. The molecule has 5 heteroatoms. The van der Waals surface area contributed by atoms with Crippen LogP contribution in [-0.2, 0) is 0 Å². The predicted molar refractivity (Wildman–Crippen MR) is 94.2 cm³/mol. The quantitative estimate of drug-likeness (QED) is 0.849. The van der Waals surface area contributed by atoms with Gasteiger partial charge in [0, 0.05) is 30.9 Å². The molecule has 1 aliphatic rings. The lowest BCUT2D eigenvalue weighted by Crippen LogP contribution is -2.41. The van der Waals surface area contributed by atoms with Crippen LogP contribution in [0.4, 0.5) is 4.39 Å². The number of carbonyl (C=O) groups is 1. The molecule has 0 N–H and O–H groups in total. The third-order valence-corrected chi connectivity index (χ3v) is 4.58. The maximum Gasteiger partial charge on any atom is 0.255 e. The lowest BCUT2D eigenvalue weighted by Gasteiger charge is -2.33. The van der Waals surface area contributed by atoms with Crippen molar-refractivity contribution in [1.82, 2.24) is 9.88 Å². The molecule has 2 aromatic rings. The summed E-state index contributed by atoms with van der Waals surface area (Å²) in [6, 6.07) is 7.97. The third-order valence-electron chi connectivity index (χ3n) is 4.58. The van der Waals surface area contributed by atoms with Gasteiger partial charge in [0.2, 0.25) is 0 Å². The summed E-state index contributed by atoms with van der Waals surface area (Å²) < 4.78 is 18.7. The van der Waals surface area contributed by atoms with Crippen molar-refractivity contribution in [2.45, 2.75) is 26.7 Å². The lowest BCUT2D eigenvalue weighted by molar-refractivity contribution is 0.0632. The van der Waals surface area contributed by atoms with Gasteiger partial charge >= 0.3 is 0 Å². The Labute approximate surface area is 147 Å². The molecule has 1 saturated heterocycles. The summed E-state index contributed by atoms with van der Waals surface area (Å²) in [5, 5.41) is 0. The van der Waals surface area contributed by atoms with Gasteiger partial charge in [0.15, 0.2) is 0 Å². The molecule has 0 saturated carbocycles. The molecular weight excluding hydrogens is 319 g/mol. The van der Waals surface area contributed by atoms with E-state index in [1.165, 1.54) is 12.1 Å². The maximum atomic E-state index is 12.9. The first-order valence-electron chi connectivity index (χ1n) is 8.64. The highest BCUT2D eigenvalue weighted by molar-refractivity contribution is 5.95. The number of aryl methyl sites for hydroxylation is 2. The lowest BCUT2D eigenvalue weighted by atomic mass is 9.98. The minimum atomic E-state index is -0.274. The van der Waals surface area contributed by atoms with E-state index in [-0.39, 0.29) is 17.6 Å². The number of aromatic nitrogens is 1. The van der Waals surface area contributed by atoms with E-state index in [2.05, 4.69) is 4.98 Å². The Hall–Kier alpha value is -2.43. The van der Waals surface area contributed by atoms with E-state index in [9.17, 15) is 9.18 Å². The Morgan fingerprint density at radius 2 is 2.08 bits per heavy atom. The molecule has 3 rings (SSSR count). The van der Waals surface area contributed by atoms with Gasteiger partial charge in [-0.05, 0) is 62.6 Å². The van der Waals surface area contributed by atoms with Gasteiger partial charge in [-0.15, -0.1) is 0 Å². The van der Waals surface area contributed by atoms with Crippen molar-refractivity contribution < 1.29 is 13.9 Å². The van der Waals surface area contributed by atoms with E-state index in [1.54, 1.807) is 18.3 Å². The Morgan fingerprint density at radius 3 is 2.80 bits per heavy atom. The van der Waals surface area contributed by atoms with Crippen LogP contribution in [0.15, 0.2) is 36.5 Å². The van der Waals surface area contributed by atoms with Crippen LogP contribution >= 0.6 is 0 Å². The molecule has 0 radical (unpaired) electrons. The average molecular weight is 342 g/mol. The molecule has 0 aliphatic carbocycles. The number of likely N-dealkylation sites (tertiary alicyclic amines) is 1. The zero-order valence-electron chi connectivity index (χ0n) is 14.7. The first-order valence-corrected chi connectivity index (χ1v) is 8.64. The molecule has 1 aromatic carbocycles. The average Bonchev–Trinajstić information content (AvgIpc) is 2.61. The summed E-state index contributed by atoms with van der Waals surface area (Å²) in [5.74, 6) is 0.699. The molecule has 1 aliphatic heterocycles. The number of nitrogens with zero attached hydrogens (tertiary/aromatic N) is 2. The number of ether oxygens (including phenoxy) is 1. The zero-order chi connectivity index (χ0) is 17.8. The van der Waals surface area contributed by atoms with E-state index < -0.39 is 0 Å². The summed E-state index contributed by atoms with van der Waals surface area (Å²) in [5.41, 5.74) is 2.55. The second-order valence-corrected chi connectivity index (χ2v) is 6.66. The van der Waals surface area contributed by atoms with Crippen LogP contribution in [-0.4, -0.2) is 35.5 Å². The van der Waals surface area contributed by atoms with Crippen LogP contribution in [0.25, 0.3) is 0 Å².